The smallest absolute Gasteiger partial charge is 0.200 e. The van der Waals surface area contributed by atoms with Crippen LogP contribution in [0.25, 0.3) is 0 Å². The van der Waals surface area contributed by atoms with E-state index in [9.17, 15) is 8.78 Å². The molecule has 0 spiro atoms. The number of ether oxygens (including phenoxy) is 1. The Morgan fingerprint density at radius 2 is 2.12 bits per heavy atom. The van der Waals surface area contributed by atoms with Crippen molar-refractivity contribution in [2.75, 3.05) is 0 Å². The fraction of sp³-hybridized carbons (Fsp3) is 0.0909. The number of thiophene rings is 1. The molecule has 0 N–H and O–H groups in total. The molecule has 2 rings (SSSR count). The maximum atomic E-state index is 13.2. The predicted molar refractivity (Wildman–Crippen MR) is 62.7 cm³/mol. The molecule has 16 heavy (non-hydrogen) atoms. The van der Waals surface area contributed by atoms with Crippen molar-refractivity contribution in [2.45, 2.75) is 6.61 Å². The van der Waals surface area contributed by atoms with Gasteiger partial charge in [0.2, 0.25) is 5.82 Å². The fourth-order valence-electron chi connectivity index (χ4n) is 1.17. The molecule has 0 aliphatic rings. The van der Waals surface area contributed by atoms with E-state index in [2.05, 4.69) is 15.9 Å². The number of hydrogen-bond donors (Lipinski definition) is 0. The van der Waals surface area contributed by atoms with Crippen molar-refractivity contribution in [3.05, 3.63) is 50.6 Å². The van der Waals surface area contributed by atoms with Crippen LogP contribution < -0.4 is 4.74 Å². The summed E-state index contributed by atoms with van der Waals surface area (Å²) in [6, 6.07) is 5.75. The Morgan fingerprint density at radius 3 is 2.81 bits per heavy atom. The molecule has 0 aliphatic heterocycles. The number of benzene rings is 1. The Balaban J connectivity index is 2.07. The van der Waals surface area contributed by atoms with Gasteiger partial charge < -0.3 is 4.74 Å². The minimum atomic E-state index is -0.946. The molecule has 0 radical (unpaired) electrons. The summed E-state index contributed by atoms with van der Waals surface area (Å²) >= 11 is 4.80. The van der Waals surface area contributed by atoms with Gasteiger partial charge in [0, 0.05) is 14.7 Å². The fourth-order valence-corrected chi connectivity index (χ4v) is 2.54. The van der Waals surface area contributed by atoms with Gasteiger partial charge in [0.15, 0.2) is 11.6 Å². The van der Waals surface area contributed by atoms with Crippen LogP contribution in [-0.4, -0.2) is 0 Å². The van der Waals surface area contributed by atoms with Gasteiger partial charge in [-0.15, -0.1) is 11.3 Å². The summed E-state index contributed by atoms with van der Waals surface area (Å²) < 4.78 is 32.2. The highest BCUT2D eigenvalue weighted by atomic mass is 79.9. The molecule has 0 atom stereocenters. The van der Waals surface area contributed by atoms with Crippen LogP contribution in [0.1, 0.15) is 4.88 Å². The molecule has 1 aromatic carbocycles. The van der Waals surface area contributed by atoms with Gasteiger partial charge >= 0.3 is 0 Å². The lowest BCUT2D eigenvalue weighted by Gasteiger charge is -2.05. The lowest BCUT2D eigenvalue weighted by Crippen LogP contribution is -1.96. The summed E-state index contributed by atoms with van der Waals surface area (Å²) in [4.78, 5) is 0.940. The van der Waals surface area contributed by atoms with Crippen molar-refractivity contribution in [1.29, 1.82) is 0 Å². The maximum Gasteiger partial charge on any atom is 0.200 e. The molecule has 1 nitrogen and oxygen atoms in total. The van der Waals surface area contributed by atoms with Gasteiger partial charge in [0.25, 0.3) is 0 Å². The first-order chi connectivity index (χ1) is 7.66. The Morgan fingerprint density at radius 1 is 1.31 bits per heavy atom. The lowest BCUT2D eigenvalue weighted by molar-refractivity contribution is 0.287. The number of halogens is 3. The zero-order valence-electron chi connectivity index (χ0n) is 8.04. The summed E-state index contributed by atoms with van der Waals surface area (Å²) in [7, 11) is 0. The summed E-state index contributed by atoms with van der Waals surface area (Å²) in [5.74, 6) is -1.91. The van der Waals surface area contributed by atoms with E-state index in [0.29, 0.717) is 0 Å². The lowest BCUT2D eigenvalue weighted by atomic mass is 10.3. The SMILES string of the molecule is Fc1cccc(OCc2cc(Br)cs2)c1F. The quantitative estimate of drug-likeness (QED) is 0.818. The van der Waals surface area contributed by atoms with E-state index in [4.69, 9.17) is 4.74 Å². The van der Waals surface area contributed by atoms with Crippen LogP contribution in [0.4, 0.5) is 8.78 Å². The molecule has 2 aromatic rings. The summed E-state index contributed by atoms with van der Waals surface area (Å²) in [6.45, 7) is 0.233. The minimum Gasteiger partial charge on any atom is -0.485 e. The second-order valence-electron chi connectivity index (χ2n) is 3.07. The van der Waals surface area contributed by atoms with Gasteiger partial charge in [-0.05, 0) is 34.1 Å². The summed E-state index contributed by atoms with van der Waals surface area (Å²) in [5, 5.41) is 1.90. The molecule has 0 bridgehead atoms. The molecule has 0 fully saturated rings. The van der Waals surface area contributed by atoms with Crippen molar-refractivity contribution in [3.8, 4) is 5.75 Å². The molecular weight excluding hydrogens is 298 g/mol. The van der Waals surface area contributed by atoms with Gasteiger partial charge in [-0.3, -0.25) is 0 Å². The topological polar surface area (TPSA) is 9.23 Å². The maximum absolute atomic E-state index is 13.2. The molecule has 0 saturated carbocycles. The monoisotopic (exact) mass is 304 g/mol. The highest BCUT2D eigenvalue weighted by Crippen LogP contribution is 2.24. The van der Waals surface area contributed by atoms with Crippen LogP contribution in [0.3, 0.4) is 0 Å². The average Bonchev–Trinajstić information content (AvgIpc) is 2.67. The van der Waals surface area contributed by atoms with Crippen LogP contribution in [0.15, 0.2) is 34.1 Å². The van der Waals surface area contributed by atoms with Gasteiger partial charge in [-0.25, -0.2) is 4.39 Å². The predicted octanol–water partition coefficient (Wildman–Crippen LogP) is 4.37. The normalized spacial score (nSPS) is 10.4. The summed E-state index contributed by atoms with van der Waals surface area (Å²) in [6.07, 6.45) is 0. The third kappa shape index (κ3) is 2.59. The molecule has 1 heterocycles. The molecule has 0 aliphatic carbocycles. The Bertz CT molecular complexity index is 498. The van der Waals surface area contributed by atoms with E-state index in [-0.39, 0.29) is 12.4 Å². The van der Waals surface area contributed by atoms with Gasteiger partial charge in [0.1, 0.15) is 6.61 Å². The second kappa shape index (κ2) is 4.93. The Kier molecular flexibility index (Phi) is 3.56. The molecular formula is C11H7BrF2OS. The van der Waals surface area contributed by atoms with Gasteiger partial charge in [-0.2, -0.15) is 4.39 Å². The molecule has 0 saturated heterocycles. The van der Waals surface area contributed by atoms with Crippen molar-refractivity contribution in [3.63, 3.8) is 0 Å². The molecule has 1 aromatic heterocycles. The van der Waals surface area contributed by atoms with E-state index >= 15 is 0 Å². The van der Waals surface area contributed by atoms with E-state index in [0.717, 1.165) is 15.4 Å². The van der Waals surface area contributed by atoms with E-state index in [1.54, 1.807) is 0 Å². The highest BCUT2D eigenvalue weighted by molar-refractivity contribution is 9.10. The zero-order valence-corrected chi connectivity index (χ0v) is 10.4. The third-order valence-corrected chi connectivity index (χ3v) is 3.58. The Labute approximate surface area is 104 Å². The largest absolute Gasteiger partial charge is 0.485 e. The van der Waals surface area contributed by atoms with Crippen molar-refractivity contribution >= 4 is 27.3 Å². The zero-order chi connectivity index (χ0) is 11.5. The first-order valence-electron chi connectivity index (χ1n) is 4.46. The average molecular weight is 305 g/mol. The van der Waals surface area contributed by atoms with Gasteiger partial charge in [0.05, 0.1) is 0 Å². The van der Waals surface area contributed by atoms with Crippen molar-refractivity contribution < 1.29 is 13.5 Å². The molecule has 84 valence electrons. The van der Waals surface area contributed by atoms with Crippen LogP contribution >= 0.6 is 27.3 Å². The third-order valence-electron chi connectivity index (χ3n) is 1.91. The van der Waals surface area contributed by atoms with E-state index in [1.165, 1.54) is 23.5 Å². The van der Waals surface area contributed by atoms with Crippen molar-refractivity contribution in [1.82, 2.24) is 0 Å². The minimum absolute atomic E-state index is 0.0653. The number of rotatable bonds is 3. The van der Waals surface area contributed by atoms with E-state index in [1.807, 2.05) is 11.4 Å². The van der Waals surface area contributed by atoms with Gasteiger partial charge in [-0.1, -0.05) is 6.07 Å². The first-order valence-corrected chi connectivity index (χ1v) is 6.14. The number of hydrogen-bond acceptors (Lipinski definition) is 2. The standard InChI is InChI=1S/C11H7BrF2OS/c12-7-4-8(16-6-7)5-15-10-3-1-2-9(13)11(10)14/h1-4,6H,5H2. The van der Waals surface area contributed by atoms with Crippen LogP contribution in [-0.2, 0) is 6.61 Å². The molecule has 0 unspecified atom stereocenters. The van der Waals surface area contributed by atoms with E-state index < -0.39 is 11.6 Å². The molecule has 5 heteroatoms. The Hall–Kier alpha value is -0.940. The van der Waals surface area contributed by atoms with Crippen LogP contribution in [0.2, 0.25) is 0 Å². The second-order valence-corrected chi connectivity index (χ2v) is 4.98. The summed E-state index contributed by atoms with van der Waals surface area (Å²) in [5.41, 5.74) is 0. The van der Waals surface area contributed by atoms with Crippen LogP contribution in [0, 0.1) is 11.6 Å². The molecule has 0 amide bonds. The van der Waals surface area contributed by atoms with Crippen LogP contribution in [0.5, 0.6) is 5.75 Å². The van der Waals surface area contributed by atoms with Crippen molar-refractivity contribution in [2.24, 2.45) is 0 Å². The first kappa shape index (κ1) is 11.5. The highest BCUT2D eigenvalue weighted by Gasteiger charge is 2.09.